The van der Waals surface area contributed by atoms with Gasteiger partial charge in [-0.2, -0.15) is 0 Å². The van der Waals surface area contributed by atoms with Crippen LogP contribution in [-0.2, 0) is 9.59 Å². The molecule has 1 N–H and O–H groups in total. The van der Waals surface area contributed by atoms with Gasteiger partial charge in [0, 0.05) is 17.7 Å². The van der Waals surface area contributed by atoms with Crippen LogP contribution in [0.3, 0.4) is 0 Å². The van der Waals surface area contributed by atoms with Gasteiger partial charge in [0.1, 0.15) is 6.04 Å². The number of hydrogen-bond donors (Lipinski definition) is 1. The number of thioether (sulfide) groups is 1. The Bertz CT molecular complexity index is 812. The molecular weight excluding hydrogens is 336 g/mol. The van der Waals surface area contributed by atoms with Gasteiger partial charge in [0.05, 0.1) is 23.0 Å². The first-order chi connectivity index (χ1) is 12.1. The summed E-state index contributed by atoms with van der Waals surface area (Å²) >= 11 is 1.68. The summed E-state index contributed by atoms with van der Waals surface area (Å²) in [5.74, 6) is 1.11. The average Bonchev–Trinajstić information content (AvgIpc) is 3.13. The number of amides is 2. The first kappa shape index (κ1) is 16.1. The molecule has 0 saturated carbocycles. The molecule has 0 radical (unpaired) electrons. The van der Waals surface area contributed by atoms with Crippen molar-refractivity contribution in [3.05, 3.63) is 42.7 Å². The highest BCUT2D eigenvalue weighted by Crippen LogP contribution is 2.47. The van der Waals surface area contributed by atoms with E-state index in [-0.39, 0.29) is 16.7 Å². The van der Waals surface area contributed by atoms with Crippen molar-refractivity contribution in [3.8, 4) is 11.4 Å². The number of carbonyl (C=O) groups is 2. The van der Waals surface area contributed by atoms with Crippen molar-refractivity contribution >= 4 is 29.3 Å². The van der Waals surface area contributed by atoms with E-state index in [9.17, 15) is 9.59 Å². The lowest BCUT2D eigenvalue weighted by Gasteiger charge is -2.29. The Kier molecular flexibility index (Phi) is 3.95. The molecule has 2 aliphatic rings. The second-order valence-electron chi connectivity index (χ2n) is 6.42. The van der Waals surface area contributed by atoms with Gasteiger partial charge < -0.3 is 10.2 Å². The minimum absolute atomic E-state index is 0.0586. The lowest BCUT2D eigenvalue weighted by atomic mass is 10.2. The summed E-state index contributed by atoms with van der Waals surface area (Å²) in [6.45, 7) is 2.04. The summed E-state index contributed by atoms with van der Waals surface area (Å²) in [6.07, 6.45) is 4.51. The maximum absolute atomic E-state index is 12.6. The standard InChI is InChI=1S/C18H18N4O2S/c1-18-8-7-15(23)22(18)14(11-25-18)17(24)21-13-9-19-16(20-10-13)12-5-3-2-4-6-12/h2-6,9-10,14H,7-8,11H2,1H3,(H,21,24). The van der Waals surface area contributed by atoms with Gasteiger partial charge in [-0.15, -0.1) is 11.8 Å². The van der Waals surface area contributed by atoms with Crippen LogP contribution >= 0.6 is 11.8 Å². The second kappa shape index (κ2) is 6.15. The van der Waals surface area contributed by atoms with Crippen molar-refractivity contribution in [1.29, 1.82) is 0 Å². The molecule has 2 saturated heterocycles. The Morgan fingerprint density at radius 3 is 2.72 bits per heavy atom. The molecule has 6 nitrogen and oxygen atoms in total. The van der Waals surface area contributed by atoms with Crippen molar-refractivity contribution in [1.82, 2.24) is 14.9 Å². The summed E-state index contributed by atoms with van der Waals surface area (Å²) in [5, 5.41) is 2.84. The molecule has 4 rings (SSSR count). The zero-order valence-corrected chi connectivity index (χ0v) is 14.6. The fourth-order valence-electron chi connectivity index (χ4n) is 3.37. The van der Waals surface area contributed by atoms with Crippen LogP contribution < -0.4 is 5.32 Å². The molecule has 7 heteroatoms. The molecule has 1 aromatic carbocycles. The van der Waals surface area contributed by atoms with E-state index in [2.05, 4.69) is 15.3 Å². The van der Waals surface area contributed by atoms with Crippen molar-refractivity contribution < 1.29 is 9.59 Å². The molecule has 1 aromatic heterocycles. The zero-order valence-electron chi connectivity index (χ0n) is 13.8. The van der Waals surface area contributed by atoms with Crippen LogP contribution in [0.5, 0.6) is 0 Å². The van der Waals surface area contributed by atoms with Crippen LogP contribution in [0.1, 0.15) is 19.8 Å². The van der Waals surface area contributed by atoms with Gasteiger partial charge in [-0.1, -0.05) is 30.3 Å². The first-order valence-corrected chi connectivity index (χ1v) is 9.20. The molecule has 2 amide bonds. The Morgan fingerprint density at radius 1 is 1.28 bits per heavy atom. The van der Waals surface area contributed by atoms with Gasteiger partial charge in [0.15, 0.2) is 5.82 Å². The number of aromatic nitrogens is 2. The van der Waals surface area contributed by atoms with Gasteiger partial charge in [0.2, 0.25) is 11.8 Å². The van der Waals surface area contributed by atoms with Crippen molar-refractivity contribution in [2.45, 2.75) is 30.7 Å². The molecule has 2 aliphatic heterocycles. The van der Waals surface area contributed by atoms with Gasteiger partial charge in [-0.05, 0) is 13.3 Å². The van der Waals surface area contributed by atoms with Crippen LogP contribution in [0.15, 0.2) is 42.7 Å². The predicted octanol–water partition coefficient (Wildman–Crippen LogP) is 2.54. The first-order valence-electron chi connectivity index (χ1n) is 8.21. The number of anilines is 1. The molecule has 2 fully saturated rings. The lowest BCUT2D eigenvalue weighted by molar-refractivity contribution is -0.135. The van der Waals surface area contributed by atoms with Crippen molar-refractivity contribution in [2.75, 3.05) is 11.1 Å². The van der Waals surface area contributed by atoms with E-state index < -0.39 is 6.04 Å². The third-order valence-corrected chi connectivity index (χ3v) is 6.20. The molecule has 2 aromatic rings. The van der Waals surface area contributed by atoms with Gasteiger partial charge in [0.25, 0.3) is 0 Å². The Hall–Kier alpha value is -2.41. The van der Waals surface area contributed by atoms with E-state index >= 15 is 0 Å². The topological polar surface area (TPSA) is 75.2 Å². The van der Waals surface area contributed by atoms with Crippen molar-refractivity contribution in [2.24, 2.45) is 0 Å². The molecular formula is C18H18N4O2S. The molecule has 2 unspecified atom stereocenters. The van der Waals surface area contributed by atoms with E-state index in [1.165, 1.54) is 0 Å². The molecule has 3 heterocycles. The maximum atomic E-state index is 12.6. The molecule has 2 atom stereocenters. The molecule has 25 heavy (non-hydrogen) atoms. The monoisotopic (exact) mass is 354 g/mol. The molecule has 0 bridgehead atoms. The predicted molar refractivity (Wildman–Crippen MR) is 96.8 cm³/mol. The van der Waals surface area contributed by atoms with E-state index in [1.807, 2.05) is 37.3 Å². The van der Waals surface area contributed by atoms with E-state index in [0.717, 1.165) is 12.0 Å². The number of fused-ring (bicyclic) bond motifs is 1. The zero-order chi connectivity index (χ0) is 17.4. The summed E-state index contributed by atoms with van der Waals surface area (Å²) < 4.78 is 0. The average molecular weight is 354 g/mol. The quantitative estimate of drug-likeness (QED) is 0.917. The third kappa shape index (κ3) is 2.89. The summed E-state index contributed by atoms with van der Waals surface area (Å²) in [4.78, 5) is 34.9. The number of rotatable bonds is 3. The highest BCUT2D eigenvalue weighted by Gasteiger charge is 2.52. The fourth-order valence-corrected chi connectivity index (χ4v) is 4.80. The number of carbonyl (C=O) groups excluding carboxylic acids is 2. The van der Waals surface area contributed by atoms with E-state index in [1.54, 1.807) is 29.1 Å². The Morgan fingerprint density at radius 2 is 2.00 bits per heavy atom. The molecule has 128 valence electrons. The number of benzene rings is 1. The number of hydrogen-bond acceptors (Lipinski definition) is 5. The van der Waals surface area contributed by atoms with Crippen molar-refractivity contribution in [3.63, 3.8) is 0 Å². The second-order valence-corrected chi connectivity index (χ2v) is 7.92. The highest BCUT2D eigenvalue weighted by molar-refractivity contribution is 8.01. The highest BCUT2D eigenvalue weighted by atomic mass is 32.2. The van der Waals surface area contributed by atoms with Crippen LogP contribution in [0.4, 0.5) is 5.69 Å². The van der Waals surface area contributed by atoms with Crippen LogP contribution in [0, 0.1) is 0 Å². The Labute approximate surface area is 150 Å². The van der Waals surface area contributed by atoms with Crippen LogP contribution in [0.2, 0.25) is 0 Å². The maximum Gasteiger partial charge on any atom is 0.248 e. The Balaban J connectivity index is 1.47. The van der Waals surface area contributed by atoms with Gasteiger partial charge >= 0.3 is 0 Å². The van der Waals surface area contributed by atoms with E-state index in [4.69, 9.17) is 0 Å². The minimum Gasteiger partial charge on any atom is -0.322 e. The molecule has 0 aliphatic carbocycles. The largest absolute Gasteiger partial charge is 0.322 e. The summed E-state index contributed by atoms with van der Waals surface area (Å²) in [7, 11) is 0. The normalized spacial score (nSPS) is 25.1. The lowest BCUT2D eigenvalue weighted by Crippen LogP contribution is -2.48. The van der Waals surface area contributed by atoms with Crippen LogP contribution in [0.25, 0.3) is 11.4 Å². The fraction of sp³-hybridized carbons (Fsp3) is 0.333. The number of nitrogens with one attached hydrogen (secondary N) is 1. The van der Waals surface area contributed by atoms with Gasteiger partial charge in [-0.25, -0.2) is 9.97 Å². The minimum atomic E-state index is -0.432. The molecule has 0 spiro atoms. The summed E-state index contributed by atoms with van der Waals surface area (Å²) in [6, 6.07) is 9.22. The SMILES string of the molecule is CC12CCC(=O)N1C(C(=O)Nc1cnc(-c3ccccc3)nc1)CS2. The van der Waals surface area contributed by atoms with Crippen LogP contribution in [-0.4, -0.2) is 43.3 Å². The third-order valence-electron chi connectivity index (χ3n) is 4.70. The number of nitrogens with zero attached hydrogens (tertiary/aromatic N) is 3. The van der Waals surface area contributed by atoms with Gasteiger partial charge in [-0.3, -0.25) is 9.59 Å². The van der Waals surface area contributed by atoms with E-state index in [0.29, 0.717) is 23.7 Å². The summed E-state index contributed by atoms with van der Waals surface area (Å²) in [5.41, 5.74) is 1.46. The smallest absolute Gasteiger partial charge is 0.248 e.